The minimum absolute atomic E-state index is 0.0281. The second-order valence-electron chi connectivity index (χ2n) is 18.1. The van der Waals surface area contributed by atoms with E-state index in [1.165, 1.54) is 122 Å². The van der Waals surface area contributed by atoms with E-state index in [9.17, 15) is 33.1 Å². The molecule has 0 bridgehead atoms. The Morgan fingerprint density at radius 2 is 1.00 bits per heavy atom. The fourth-order valence-corrected chi connectivity index (χ4v) is 8.42. The van der Waals surface area contributed by atoms with Gasteiger partial charge in [-0.05, 0) is 77.0 Å². The van der Waals surface area contributed by atoms with Crippen molar-refractivity contribution in [3.05, 3.63) is 48.6 Å². The van der Waals surface area contributed by atoms with Gasteiger partial charge in [-0.25, -0.2) is 4.18 Å². The zero-order valence-electron chi connectivity index (χ0n) is 41.5. The molecule has 13 heteroatoms. The molecular weight excluding hydrogens is 861 g/mol. The van der Waals surface area contributed by atoms with Gasteiger partial charge in [0.25, 0.3) is 0 Å². The van der Waals surface area contributed by atoms with Gasteiger partial charge in [-0.1, -0.05) is 184 Å². The van der Waals surface area contributed by atoms with E-state index < -0.39 is 59.8 Å². The first-order chi connectivity index (χ1) is 32.1. The van der Waals surface area contributed by atoms with Gasteiger partial charge in [-0.15, -0.1) is 0 Å². The number of carbonyl (C=O) groups excluding carboxylic acids is 1. The van der Waals surface area contributed by atoms with Crippen LogP contribution in [0.3, 0.4) is 0 Å². The monoisotopic (exact) mass is 957 g/mol. The zero-order chi connectivity index (χ0) is 48.2. The quantitative estimate of drug-likeness (QED) is 0.0197. The van der Waals surface area contributed by atoms with Gasteiger partial charge in [-0.3, -0.25) is 9.35 Å². The molecule has 0 aromatic heterocycles. The van der Waals surface area contributed by atoms with Crippen LogP contribution in [0, 0.1) is 0 Å². The summed E-state index contributed by atoms with van der Waals surface area (Å²) in [6, 6.07) is 0. The third kappa shape index (κ3) is 37.0. The lowest BCUT2D eigenvalue weighted by molar-refractivity contribution is -0.301. The molecule has 386 valence electrons. The SMILES string of the molecule is CCCCCCC/C=C\C/C=C\C/C=C\CCCCCCCCC(=O)OC(COCCCCCCCCCC/C=C\CCCCCCCC)COC1OC(CO)C(O)C(OS(=O)(=O)O)C1O. The fourth-order valence-electron chi connectivity index (χ4n) is 7.91. The zero-order valence-corrected chi connectivity index (χ0v) is 42.3. The highest BCUT2D eigenvalue weighted by Gasteiger charge is 2.48. The summed E-state index contributed by atoms with van der Waals surface area (Å²) in [5.41, 5.74) is 0. The smallest absolute Gasteiger partial charge is 0.397 e. The predicted octanol–water partition coefficient (Wildman–Crippen LogP) is 12.3. The minimum atomic E-state index is -5.07. The lowest BCUT2D eigenvalue weighted by atomic mass is 9.99. The molecule has 0 saturated carbocycles. The van der Waals surface area contributed by atoms with Gasteiger partial charge in [-0.2, -0.15) is 8.42 Å². The number of hydrogen-bond acceptors (Lipinski definition) is 11. The Hall–Kier alpha value is -1.94. The molecule has 0 spiro atoms. The van der Waals surface area contributed by atoms with Crippen molar-refractivity contribution in [1.82, 2.24) is 0 Å². The van der Waals surface area contributed by atoms with Crippen LogP contribution in [-0.4, -0.2) is 97.5 Å². The Bertz CT molecular complexity index is 1340. The van der Waals surface area contributed by atoms with Crippen molar-refractivity contribution < 1.29 is 56.2 Å². The number of rotatable bonds is 46. The maximum atomic E-state index is 12.9. The van der Waals surface area contributed by atoms with E-state index in [0.717, 1.165) is 70.6 Å². The summed E-state index contributed by atoms with van der Waals surface area (Å²) in [7, 11) is -5.07. The van der Waals surface area contributed by atoms with Gasteiger partial charge in [0.15, 0.2) is 6.29 Å². The molecule has 1 aliphatic heterocycles. The Balaban J connectivity index is 2.37. The molecule has 1 saturated heterocycles. The molecule has 6 unspecified atom stereocenters. The average molecular weight is 957 g/mol. The first kappa shape index (κ1) is 62.1. The van der Waals surface area contributed by atoms with Gasteiger partial charge in [0.2, 0.25) is 0 Å². The molecule has 1 fully saturated rings. The van der Waals surface area contributed by atoms with Crippen molar-refractivity contribution in [3.63, 3.8) is 0 Å². The van der Waals surface area contributed by atoms with Gasteiger partial charge < -0.3 is 34.3 Å². The molecule has 66 heavy (non-hydrogen) atoms. The van der Waals surface area contributed by atoms with Crippen molar-refractivity contribution in [2.75, 3.05) is 26.4 Å². The van der Waals surface area contributed by atoms with Crippen LogP contribution in [-0.2, 0) is 38.3 Å². The van der Waals surface area contributed by atoms with Crippen molar-refractivity contribution in [2.24, 2.45) is 0 Å². The van der Waals surface area contributed by atoms with Gasteiger partial charge >= 0.3 is 16.4 Å². The van der Waals surface area contributed by atoms with Crippen molar-refractivity contribution in [1.29, 1.82) is 0 Å². The summed E-state index contributed by atoms with van der Waals surface area (Å²) in [5.74, 6) is -0.411. The lowest BCUT2D eigenvalue weighted by Gasteiger charge is -2.41. The Morgan fingerprint density at radius 1 is 0.576 bits per heavy atom. The van der Waals surface area contributed by atoms with Crippen LogP contribution >= 0.6 is 0 Å². The van der Waals surface area contributed by atoms with Crippen molar-refractivity contribution >= 4 is 16.4 Å². The molecule has 0 radical (unpaired) electrons. The second kappa shape index (κ2) is 44.3. The molecule has 0 aromatic carbocycles. The molecular formula is C53H96O12S. The summed E-state index contributed by atoms with van der Waals surface area (Å²) in [6.07, 6.45) is 45.6. The van der Waals surface area contributed by atoms with Crippen LogP contribution in [0.15, 0.2) is 48.6 Å². The molecule has 1 rings (SSSR count). The summed E-state index contributed by atoms with van der Waals surface area (Å²) in [6.45, 7) is 3.97. The normalized spacial score (nSPS) is 19.9. The number of hydrogen-bond donors (Lipinski definition) is 4. The summed E-state index contributed by atoms with van der Waals surface area (Å²) >= 11 is 0. The lowest BCUT2D eigenvalue weighted by Crippen LogP contribution is -2.60. The second-order valence-corrected chi connectivity index (χ2v) is 19.2. The average Bonchev–Trinajstić information content (AvgIpc) is 3.29. The van der Waals surface area contributed by atoms with E-state index in [1.54, 1.807) is 0 Å². The summed E-state index contributed by atoms with van der Waals surface area (Å²) < 4.78 is 59.3. The number of ether oxygens (including phenoxy) is 4. The van der Waals surface area contributed by atoms with Crippen LogP contribution in [0.1, 0.15) is 219 Å². The van der Waals surface area contributed by atoms with Crippen molar-refractivity contribution in [3.8, 4) is 0 Å². The molecule has 0 aromatic rings. The van der Waals surface area contributed by atoms with Crippen molar-refractivity contribution in [2.45, 2.75) is 256 Å². The topological polar surface area (TPSA) is 178 Å². The fraction of sp³-hybridized carbons (Fsp3) is 0.830. The van der Waals surface area contributed by atoms with Gasteiger partial charge in [0.1, 0.15) is 30.5 Å². The maximum Gasteiger partial charge on any atom is 0.397 e. The van der Waals surface area contributed by atoms with Crippen LogP contribution < -0.4 is 0 Å². The van der Waals surface area contributed by atoms with E-state index >= 15 is 0 Å². The van der Waals surface area contributed by atoms with Gasteiger partial charge in [0.05, 0.1) is 19.8 Å². The number of aliphatic hydroxyl groups excluding tert-OH is 3. The molecule has 6 atom stereocenters. The van der Waals surface area contributed by atoms with Crippen LogP contribution in [0.5, 0.6) is 0 Å². The molecule has 0 amide bonds. The minimum Gasteiger partial charge on any atom is -0.457 e. The van der Waals surface area contributed by atoms with Gasteiger partial charge in [0, 0.05) is 13.0 Å². The number of esters is 1. The molecule has 1 aliphatic rings. The standard InChI is InChI=1S/C53H96O12S/c1-3-5-7-9-11-13-15-17-19-21-23-24-25-26-28-30-32-34-36-38-40-42-49(55)63-47(46-62-53-51(57)52(65-66(58,59)60)50(56)48(44-54)64-53)45-61-43-41-39-37-35-33-31-29-27-22-20-18-16-14-12-10-8-6-4-2/h15,17-18,20-21,23,25-26,47-48,50-54,56-57H,3-14,16,19,22,24,27-46H2,1-2H3,(H,58,59,60)/b17-15-,20-18-,23-21-,26-25-. The molecule has 1 heterocycles. The predicted molar refractivity (Wildman–Crippen MR) is 266 cm³/mol. The van der Waals surface area contributed by atoms with Crippen LogP contribution in [0.2, 0.25) is 0 Å². The highest BCUT2D eigenvalue weighted by molar-refractivity contribution is 7.80. The molecule has 12 nitrogen and oxygen atoms in total. The highest BCUT2D eigenvalue weighted by Crippen LogP contribution is 2.26. The van der Waals surface area contributed by atoms with E-state index in [0.29, 0.717) is 13.0 Å². The highest BCUT2D eigenvalue weighted by atomic mass is 32.3. The third-order valence-electron chi connectivity index (χ3n) is 11.9. The number of aliphatic hydroxyl groups is 3. The number of carbonyl (C=O) groups is 1. The molecule has 4 N–H and O–H groups in total. The third-order valence-corrected chi connectivity index (χ3v) is 12.4. The van der Waals surface area contributed by atoms with E-state index in [-0.39, 0.29) is 19.6 Å². The Labute approximate surface area is 402 Å². The number of unbranched alkanes of at least 4 members (excludes halogenated alkanes) is 25. The molecule has 0 aliphatic carbocycles. The first-order valence-electron chi connectivity index (χ1n) is 26.4. The van der Waals surface area contributed by atoms with E-state index in [1.807, 2.05) is 0 Å². The summed E-state index contributed by atoms with van der Waals surface area (Å²) in [5, 5.41) is 30.8. The maximum absolute atomic E-state index is 12.9. The summed E-state index contributed by atoms with van der Waals surface area (Å²) in [4.78, 5) is 12.9. The van der Waals surface area contributed by atoms with Crippen LogP contribution in [0.25, 0.3) is 0 Å². The van der Waals surface area contributed by atoms with E-state index in [2.05, 4.69) is 66.6 Å². The van der Waals surface area contributed by atoms with E-state index in [4.69, 9.17) is 18.9 Å². The first-order valence-corrected chi connectivity index (χ1v) is 27.8. The van der Waals surface area contributed by atoms with Crippen LogP contribution in [0.4, 0.5) is 0 Å². The number of allylic oxidation sites excluding steroid dienone is 8. The largest absolute Gasteiger partial charge is 0.457 e. The Kier molecular flexibility index (Phi) is 41.6. The Morgan fingerprint density at radius 3 is 1.47 bits per heavy atom.